The maximum absolute atomic E-state index is 12.4. The van der Waals surface area contributed by atoms with Crippen molar-refractivity contribution >= 4 is 30.0 Å². The molecule has 3 rings (SSSR count). The van der Waals surface area contributed by atoms with Gasteiger partial charge in [0.25, 0.3) is 0 Å². The third kappa shape index (κ3) is 5.61. The number of rotatable bonds is 5. The Morgan fingerprint density at radius 1 is 1.20 bits per heavy atom. The molecule has 0 radical (unpaired) electrons. The molecule has 2 atom stereocenters. The topological polar surface area (TPSA) is 87.5 Å². The lowest BCUT2D eigenvalue weighted by Crippen LogP contribution is -2.48. The summed E-state index contributed by atoms with van der Waals surface area (Å²) in [5, 5.41) is 5.84. The maximum Gasteiger partial charge on any atom is 0.321 e. The predicted molar refractivity (Wildman–Crippen MR) is 101 cm³/mol. The van der Waals surface area contributed by atoms with Crippen LogP contribution in [-0.4, -0.2) is 42.5 Å². The lowest BCUT2D eigenvalue weighted by molar-refractivity contribution is -0.126. The number of anilines is 1. The Morgan fingerprint density at radius 2 is 1.92 bits per heavy atom. The van der Waals surface area contributed by atoms with Gasteiger partial charge in [0, 0.05) is 31.4 Å². The van der Waals surface area contributed by atoms with E-state index in [1.807, 2.05) is 30.3 Å². The van der Waals surface area contributed by atoms with E-state index in [4.69, 9.17) is 5.73 Å². The molecule has 0 spiro atoms. The number of piperidine rings is 1. The zero-order valence-electron chi connectivity index (χ0n) is 14.3. The molecule has 3 amide bonds. The van der Waals surface area contributed by atoms with Gasteiger partial charge in [-0.25, -0.2) is 4.79 Å². The number of carbonyl (C=O) groups is 2. The number of hydrogen-bond donors (Lipinski definition) is 3. The van der Waals surface area contributed by atoms with Crippen molar-refractivity contribution in [1.29, 1.82) is 0 Å². The van der Waals surface area contributed by atoms with Gasteiger partial charge < -0.3 is 21.3 Å². The summed E-state index contributed by atoms with van der Waals surface area (Å²) in [7, 11) is 0. The second kappa shape index (κ2) is 9.06. The van der Waals surface area contributed by atoms with E-state index in [1.165, 1.54) is 12.8 Å². The number of hydrogen-bond acceptors (Lipinski definition) is 3. The van der Waals surface area contributed by atoms with Crippen molar-refractivity contribution in [3.05, 3.63) is 30.3 Å². The zero-order chi connectivity index (χ0) is 16.9. The molecule has 0 aromatic heterocycles. The maximum atomic E-state index is 12.4. The van der Waals surface area contributed by atoms with E-state index in [1.54, 1.807) is 4.90 Å². The lowest BCUT2D eigenvalue weighted by atomic mass is 9.97. The second-order valence-corrected chi connectivity index (χ2v) is 6.83. The molecular weight excluding hydrogens is 340 g/mol. The number of carbonyl (C=O) groups excluding carboxylic acids is 2. The zero-order valence-corrected chi connectivity index (χ0v) is 15.1. The number of likely N-dealkylation sites (tertiary alicyclic amines) is 1. The molecule has 1 aliphatic carbocycles. The van der Waals surface area contributed by atoms with Crippen LogP contribution in [0.1, 0.15) is 25.7 Å². The molecule has 1 aromatic carbocycles. The summed E-state index contributed by atoms with van der Waals surface area (Å²) in [6.07, 6.45) is 4.01. The van der Waals surface area contributed by atoms with Gasteiger partial charge in [-0.2, -0.15) is 0 Å². The first kappa shape index (κ1) is 19.5. The first-order chi connectivity index (χ1) is 11.6. The average molecular weight is 367 g/mol. The van der Waals surface area contributed by atoms with Crippen LogP contribution in [0.15, 0.2) is 30.3 Å². The normalized spacial score (nSPS) is 21.0. The molecular formula is C18H27ClN4O2. The van der Waals surface area contributed by atoms with Crippen LogP contribution in [0.4, 0.5) is 10.5 Å². The molecule has 1 saturated heterocycles. The minimum atomic E-state index is -0.147. The van der Waals surface area contributed by atoms with Gasteiger partial charge in [0.1, 0.15) is 0 Å². The number of benzene rings is 1. The van der Waals surface area contributed by atoms with E-state index in [0.717, 1.165) is 18.5 Å². The van der Waals surface area contributed by atoms with Crippen LogP contribution >= 0.6 is 12.4 Å². The van der Waals surface area contributed by atoms with Crippen LogP contribution in [0.2, 0.25) is 0 Å². The molecule has 2 aliphatic rings. The summed E-state index contributed by atoms with van der Waals surface area (Å²) in [6.45, 7) is 1.68. The largest absolute Gasteiger partial charge is 0.354 e. The van der Waals surface area contributed by atoms with Gasteiger partial charge in [0.2, 0.25) is 5.91 Å². The van der Waals surface area contributed by atoms with Crippen molar-refractivity contribution in [1.82, 2.24) is 10.2 Å². The average Bonchev–Trinajstić information content (AvgIpc) is 3.45. The summed E-state index contributed by atoms with van der Waals surface area (Å²) >= 11 is 0. The fourth-order valence-electron chi connectivity index (χ4n) is 3.15. The summed E-state index contributed by atoms with van der Waals surface area (Å²) in [5.41, 5.74) is 6.80. The number of urea groups is 1. The van der Waals surface area contributed by atoms with Crippen LogP contribution in [0.3, 0.4) is 0 Å². The molecule has 6 nitrogen and oxygen atoms in total. The number of para-hydroxylation sites is 1. The fraction of sp³-hybridized carbons (Fsp3) is 0.556. The van der Waals surface area contributed by atoms with Gasteiger partial charge in [0.05, 0.1) is 5.92 Å². The van der Waals surface area contributed by atoms with Gasteiger partial charge >= 0.3 is 6.03 Å². The van der Waals surface area contributed by atoms with Crippen molar-refractivity contribution in [2.24, 2.45) is 17.6 Å². The molecule has 2 unspecified atom stereocenters. The minimum absolute atomic E-state index is 0. The van der Waals surface area contributed by atoms with Crippen LogP contribution < -0.4 is 16.4 Å². The van der Waals surface area contributed by atoms with Crippen LogP contribution in [0.5, 0.6) is 0 Å². The molecule has 138 valence electrons. The summed E-state index contributed by atoms with van der Waals surface area (Å²) in [6, 6.07) is 9.29. The summed E-state index contributed by atoms with van der Waals surface area (Å²) in [4.78, 5) is 26.4. The number of nitrogens with two attached hydrogens (primary N) is 1. The fourth-order valence-corrected chi connectivity index (χ4v) is 3.15. The van der Waals surface area contributed by atoms with Crippen molar-refractivity contribution in [2.45, 2.75) is 31.7 Å². The molecule has 4 N–H and O–H groups in total. The number of nitrogens with one attached hydrogen (secondary N) is 2. The molecule has 0 bridgehead atoms. The number of amides is 3. The SMILES string of the molecule is Cl.NC(CNC(=O)C1CCCN(C(=O)Nc2ccccc2)C1)C1CC1. The van der Waals surface area contributed by atoms with E-state index in [0.29, 0.717) is 25.6 Å². The molecule has 25 heavy (non-hydrogen) atoms. The molecule has 1 saturated carbocycles. The van der Waals surface area contributed by atoms with Crippen molar-refractivity contribution in [2.75, 3.05) is 25.0 Å². The monoisotopic (exact) mass is 366 g/mol. The van der Waals surface area contributed by atoms with Gasteiger partial charge in [-0.1, -0.05) is 18.2 Å². The molecule has 1 heterocycles. The highest BCUT2D eigenvalue weighted by Gasteiger charge is 2.31. The Balaban J connectivity index is 0.00000225. The highest BCUT2D eigenvalue weighted by atomic mass is 35.5. The third-order valence-electron chi connectivity index (χ3n) is 4.84. The Hall–Kier alpha value is -1.79. The second-order valence-electron chi connectivity index (χ2n) is 6.83. The summed E-state index contributed by atoms with van der Waals surface area (Å²) in [5.74, 6) is 0.444. The number of halogens is 1. The Kier molecular flexibility index (Phi) is 7.08. The Labute approximate surface area is 154 Å². The molecule has 7 heteroatoms. The standard InChI is InChI=1S/C18H26N4O2.ClH/c19-16(13-8-9-13)11-20-17(23)14-5-4-10-22(12-14)18(24)21-15-6-2-1-3-7-15;/h1-3,6-7,13-14,16H,4-5,8-12,19H2,(H,20,23)(H,21,24);1H. The van der Waals surface area contributed by atoms with Gasteiger partial charge in [-0.15, -0.1) is 12.4 Å². The van der Waals surface area contributed by atoms with Gasteiger partial charge in [-0.05, 0) is 43.7 Å². The molecule has 1 aliphatic heterocycles. The van der Waals surface area contributed by atoms with E-state index < -0.39 is 0 Å². The van der Waals surface area contributed by atoms with Gasteiger partial charge in [-0.3, -0.25) is 4.79 Å². The van der Waals surface area contributed by atoms with E-state index >= 15 is 0 Å². The van der Waals surface area contributed by atoms with Crippen molar-refractivity contribution in [3.8, 4) is 0 Å². The highest BCUT2D eigenvalue weighted by molar-refractivity contribution is 5.90. The quantitative estimate of drug-likeness (QED) is 0.746. The van der Waals surface area contributed by atoms with Crippen LogP contribution in [-0.2, 0) is 4.79 Å². The predicted octanol–water partition coefficient (Wildman–Crippen LogP) is 2.21. The van der Waals surface area contributed by atoms with Crippen molar-refractivity contribution in [3.63, 3.8) is 0 Å². The van der Waals surface area contributed by atoms with E-state index in [9.17, 15) is 9.59 Å². The lowest BCUT2D eigenvalue weighted by Gasteiger charge is -2.32. The molecule has 2 fully saturated rings. The Morgan fingerprint density at radius 3 is 2.60 bits per heavy atom. The van der Waals surface area contributed by atoms with E-state index in [2.05, 4.69) is 10.6 Å². The summed E-state index contributed by atoms with van der Waals surface area (Å²) < 4.78 is 0. The Bertz CT molecular complexity index is 580. The first-order valence-corrected chi connectivity index (χ1v) is 8.78. The van der Waals surface area contributed by atoms with Crippen LogP contribution in [0, 0.1) is 11.8 Å². The smallest absolute Gasteiger partial charge is 0.321 e. The highest BCUT2D eigenvalue weighted by Crippen LogP contribution is 2.31. The molecule has 1 aromatic rings. The van der Waals surface area contributed by atoms with Crippen LogP contribution in [0.25, 0.3) is 0 Å². The minimum Gasteiger partial charge on any atom is -0.354 e. The van der Waals surface area contributed by atoms with Crippen molar-refractivity contribution < 1.29 is 9.59 Å². The van der Waals surface area contributed by atoms with E-state index in [-0.39, 0.29) is 36.3 Å². The number of nitrogens with zero attached hydrogens (tertiary/aromatic N) is 1. The van der Waals surface area contributed by atoms with Gasteiger partial charge in [0.15, 0.2) is 0 Å². The first-order valence-electron chi connectivity index (χ1n) is 8.78. The third-order valence-corrected chi connectivity index (χ3v) is 4.84.